The topological polar surface area (TPSA) is 32.3 Å². The van der Waals surface area contributed by atoms with E-state index in [-0.39, 0.29) is 0 Å². The summed E-state index contributed by atoms with van der Waals surface area (Å²) in [5, 5.41) is 0. The van der Waals surface area contributed by atoms with Crippen molar-refractivity contribution in [3.63, 3.8) is 0 Å². The monoisotopic (exact) mass is 310 g/mol. The maximum atomic E-state index is 6.10. The molecule has 2 heterocycles. The van der Waals surface area contributed by atoms with E-state index in [0.717, 1.165) is 49.3 Å². The van der Waals surface area contributed by atoms with E-state index in [0.29, 0.717) is 11.8 Å². The lowest BCUT2D eigenvalue weighted by atomic mass is 10.1. The number of anilines is 1. The van der Waals surface area contributed by atoms with E-state index < -0.39 is 0 Å². The van der Waals surface area contributed by atoms with E-state index in [9.17, 15) is 0 Å². The summed E-state index contributed by atoms with van der Waals surface area (Å²) in [6, 6.07) is 0. The van der Waals surface area contributed by atoms with Gasteiger partial charge in [0.2, 0.25) is 0 Å². The number of alkyl halides is 1. The maximum Gasteiger partial charge on any atom is 0.131 e. The van der Waals surface area contributed by atoms with Gasteiger partial charge in [-0.25, -0.2) is 9.97 Å². The minimum absolute atomic E-state index is 0.337. The quantitative estimate of drug-likeness (QED) is 0.782. The summed E-state index contributed by atoms with van der Waals surface area (Å²) in [5.41, 5.74) is 2.08. The molecule has 0 atom stereocenters. The minimum Gasteiger partial charge on any atom is -0.366 e. The highest BCUT2D eigenvalue weighted by Crippen LogP contribution is 2.23. The number of piperazine rings is 1. The van der Waals surface area contributed by atoms with Crippen LogP contribution in [-0.4, -0.2) is 47.6 Å². The Hall–Kier alpha value is -0.870. The molecular weight excluding hydrogens is 284 g/mol. The molecule has 1 aromatic rings. The van der Waals surface area contributed by atoms with Crippen LogP contribution in [0, 0.1) is 5.92 Å². The Morgan fingerprint density at radius 1 is 1.14 bits per heavy atom. The number of hydrogen-bond donors (Lipinski definition) is 0. The van der Waals surface area contributed by atoms with Crippen LogP contribution in [0.1, 0.15) is 45.1 Å². The van der Waals surface area contributed by atoms with Gasteiger partial charge in [0.05, 0.1) is 23.5 Å². The second kappa shape index (κ2) is 7.41. The molecule has 5 heteroatoms. The van der Waals surface area contributed by atoms with Gasteiger partial charge in [-0.1, -0.05) is 27.7 Å². The van der Waals surface area contributed by atoms with Gasteiger partial charge in [0, 0.05) is 38.6 Å². The third-order valence-electron chi connectivity index (χ3n) is 3.84. The van der Waals surface area contributed by atoms with Crippen molar-refractivity contribution < 1.29 is 0 Å². The summed E-state index contributed by atoms with van der Waals surface area (Å²) in [6.07, 6.45) is 1.96. The predicted octanol–water partition coefficient (Wildman–Crippen LogP) is 3.12. The van der Waals surface area contributed by atoms with Gasteiger partial charge in [0.15, 0.2) is 0 Å². The van der Waals surface area contributed by atoms with Crippen molar-refractivity contribution >= 4 is 17.3 Å². The fourth-order valence-electron chi connectivity index (χ4n) is 2.75. The van der Waals surface area contributed by atoms with Gasteiger partial charge in [-0.3, -0.25) is 4.90 Å². The molecule has 2 rings (SSSR count). The molecule has 1 aliphatic rings. The van der Waals surface area contributed by atoms with E-state index in [1.54, 1.807) is 0 Å². The predicted molar refractivity (Wildman–Crippen MR) is 89.2 cm³/mol. The van der Waals surface area contributed by atoms with Gasteiger partial charge in [-0.2, -0.15) is 0 Å². The fourth-order valence-corrected chi connectivity index (χ4v) is 2.95. The van der Waals surface area contributed by atoms with E-state index in [4.69, 9.17) is 11.6 Å². The van der Waals surface area contributed by atoms with Crippen molar-refractivity contribution in [3.8, 4) is 0 Å². The molecule has 1 aliphatic heterocycles. The number of hydrogen-bond acceptors (Lipinski definition) is 4. The van der Waals surface area contributed by atoms with Crippen LogP contribution in [-0.2, 0) is 5.88 Å². The lowest BCUT2D eigenvalue weighted by Gasteiger charge is -2.37. The van der Waals surface area contributed by atoms with Crippen molar-refractivity contribution in [1.82, 2.24) is 14.9 Å². The molecular formula is C16H27ClN4. The largest absolute Gasteiger partial charge is 0.366 e. The lowest BCUT2D eigenvalue weighted by Crippen LogP contribution is -2.47. The minimum atomic E-state index is 0.337. The zero-order chi connectivity index (χ0) is 15.4. The van der Waals surface area contributed by atoms with Crippen LogP contribution in [0.15, 0.2) is 6.20 Å². The van der Waals surface area contributed by atoms with Crippen LogP contribution in [0.4, 0.5) is 5.69 Å². The number of aromatic nitrogens is 2. The van der Waals surface area contributed by atoms with Gasteiger partial charge >= 0.3 is 0 Å². The van der Waals surface area contributed by atoms with Crippen LogP contribution >= 0.6 is 11.6 Å². The fraction of sp³-hybridized carbons (Fsp3) is 0.750. The molecule has 0 amide bonds. The SMILES string of the molecule is CC(C)CN1CCN(c2cnc(C(C)C)nc2CCl)CC1. The number of halogens is 1. The maximum absolute atomic E-state index is 6.10. The molecule has 1 saturated heterocycles. The highest BCUT2D eigenvalue weighted by molar-refractivity contribution is 6.17. The first kappa shape index (κ1) is 16.5. The summed E-state index contributed by atoms with van der Waals surface area (Å²) in [6.45, 7) is 14.2. The van der Waals surface area contributed by atoms with Crippen molar-refractivity contribution in [3.05, 3.63) is 17.7 Å². The first-order valence-corrected chi connectivity index (χ1v) is 8.43. The summed E-state index contributed by atoms with van der Waals surface area (Å²) in [7, 11) is 0. The standard InChI is InChI=1S/C16H27ClN4/c1-12(2)11-20-5-7-21(8-6-20)15-10-18-16(13(3)4)19-14(15)9-17/h10,12-13H,5-9,11H2,1-4H3. The first-order valence-electron chi connectivity index (χ1n) is 7.90. The van der Waals surface area contributed by atoms with Gasteiger partial charge < -0.3 is 4.90 Å². The Morgan fingerprint density at radius 3 is 2.33 bits per heavy atom. The Morgan fingerprint density at radius 2 is 1.81 bits per heavy atom. The Labute approximate surface area is 133 Å². The van der Waals surface area contributed by atoms with Gasteiger partial charge in [0.25, 0.3) is 0 Å². The average Bonchev–Trinajstić information content (AvgIpc) is 2.46. The highest BCUT2D eigenvalue weighted by atomic mass is 35.5. The Bertz CT molecular complexity index is 454. The molecule has 0 unspecified atom stereocenters. The van der Waals surface area contributed by atoms with Gasteiger partial charge in [0.1, 0.15) is 5.82 Å². The zero-order valence-corrected chi connectivity index (χ0v) is 14.4. The molecule has 0 spiro atoms. The van der Waals surface area contributed by atoms with Crippen LogP contribution in [0.5, 0.6) is 0 Å². The lowest BCUT2D eigenvalue weighted by molar-refractivity contribution is 0.231. The summed E-state index contributed by atoms with van der Waals surface area (Å²) < 4.78 is 0. The molecule has 0 radical (unpaired) electrons. The number of nitrogens with zero attached hydrogens (tertiary/aromatic N) is 4. The van der Waals surface area contributed by atoms with Crippen molar-refractivity contribution in [2.24, 2.45) is 5.92 Å². The van der Waals surface area contributed by atoms with E-state index in [1.165, 1.54) is 6.54 Å². The van der Waals surface area contributed by atoms with Crippen molar-refractivity contribution in [1.29, 1.82) is 0 Å². The number of rotatable bonds is 5. The molecule has 0 saturated carbocycles. The summed E-state index contributed by atoms with van der Waals surface area (Å²) in [4.78, 5) is 14.0. The Kier molecular flexibility index (Phi) is 5.82. The second-order valence-electron chi connectivity index (χ2n) is 6.53. The van der Waals surface area contributed by atoms with Crippen molar-refractivity contribution in [2.75, 3.05) is 37.6 Å². The van der Waals surface area contributed by atoms with E-state index >= 15 is 0 Å². The molecule has 0 aliphatic carbocycles. The highest BCUT2D eigenvalue weighted by Gasteiger charge is 2.21. The van der Waals surface area contributed by atoms with Crippen LogP contribution < -0.4 is 4.90 Å². The van der Waals surface area contributed by atoms with Crippen LogP contribution in [0.2, 0.25) is 0 Å². The molecule has 0 bridgehead atoms. The van der Waals surface area contributed by atoms with Crippen LogP contribution in [0.3, 0.4) is 0 Å². The third-order valence-corrected chi connectivity index (χ3v) is 4.10. The molecule has 4 nitrogen and oxygen atoms in total. The second-order valence-corrected chi connectivity index (χ2v) is 6.80. The van der Waals surface area contributed by atoms with Gasteiger partial charge in [-0.05, 0) is 5.92 Å². The molecule has 0 aromatic carbocycles. The molecule has 1 aromatic heterocycles. The summed E-state index contributed by atoms with van der Waals surface area (Å²) >= 11 is 6.10. The summed E-state index contributed by atoms with van der Waals surface area (Å²) in [5.74, 6) is 2.39. The van der Waals surface area contributed by atoms with Crippen LogP contribution in [0.25, 0.3) is 0 Å². The normalized spacial score (nSPS) is 17.0. The molecule has 0 N–H and O–H groups in total. The smallest absolute Gasteiger partial charge is 0.131 e. The van der Waals surface area contributed by atoms with Gasteiger partial charge in [-0.15, -0.1) is 11.6 Å². The molecule has 118 valence electrons. The first-order chi connectivity index (χ1) is 10.0. The molecule has 21 heavy (non-hydrogen) atoms. The average molecular weight is 311 g/mol. The molecule has 1 fully saturated rings. The van der Waals surface area contributed by atoms with E-state index in [1.807, 2.05) is 6.20 Å². The van der Waals surface area contributed by atoms with Crippen molar-refractivity contribution in [2.45, 2.75) is 39.5 Å². The third kappa shape index (κ3) is 4.30. The Balaban J connectivity index is 2.06. The van der Waals surface area contributed by atoms with E-state index in [2.05, 4.69) is 47.5 Å². The zero-order valence-electron chi connectivity index (χ0n) is 13.6.